The third-order valence-corrected chi connectivity index (χ3v) is 2.25. The van der Waals surface area contributed by atoms with E-state index in [-0.39, 0.29) is 5.54 Å². The molecular weight excluding hydrogens is 190 g/mol. The van der Waals surface area contributed by atoms with Crippen LogP contribution in [-0.4, -0.2) is 29.0 Å². The van der Waals surface area contributed by atoms with Crippen LogP contribution in [0.1, 0.15) is 32.5 Å². The maximum Gasteiger partial charge on any atom is 0.0643 e. The summed E-state index contributed by atoms with van der Waals surface area (Å²) in [5, 5.41) is 4.46. The Morgan fingerprint density at radius 2 is 2.27 bits per heavy atom. The van der Waals surface area contributed by atoms with Crippen LogP contribution >= 0.6 is 0 Å². The summed E-state index contributed by atoms with van der Waals surface area (Å²) in [5.41, 5.74) is 6.75. The summed E-state index contributed by atoms with van der Waals surface area (Å²) in [4.78, 5) is 0. The highest BCUT2D eigenvalue weighted by molar-refractivity contribution is 5.05. The van der Waals surface area contributed by atoms with E-state index < -0.39 is 0 Å². The molecule has 1 heterocycles. The molecule has 0 aliphatic carbocycles. The number of ether oxygens (including phenoxy) is 1. The van der Waals surface area contributed by atoms with E-state index in [0.29, 0.717) is 12.6 Å². The number of nitrogens with two attached hydrogens (primary N) is 1. The predicted octanol–water partition coefficient (Wildman–Crippen LogP) is 1.37. The van der Waals surface area contributed by atoms with Crippen LogP contribution in [0.25, 0.3) is 0 Å². The zero-order chi connectivity index (χ0) is 11.5. The van der Waals surface area contributed by atoms with Crippen molar-refractivity contribution in [2.75, 3.05) is 13.7 Å². The first-order chi connectivity index (χ1) is 6.94. The van der Waals surface area contributed by atoms with Crippen LogP contribution in [0.3, 0.4) is 0 Å². The molecule has 1 atom stereocenters. The first-order valence-electron chi connectivity index (χ1n) is 5.26. The number of aromatic nitrogens is 2. The molecule has 4 heteroatoms. The Hall–Kier alpha value is -0.870. The van der Waals surface area contributed by atoms with Gasteiger partial charge >= 0.3 is 0 Å². The van der Waals surface area contributed by atoms with Crippen molar-refractivity contribution in [3.8, 4) is 0 Å². The van der Waals surface area contributed by atoms with Gasteiger partial charge in [0.05, 0.1) is 12.3 Å². The summed E-state index contributed by atoms with van der Waals surface area (Å²) in [6.45, 7) is 6.73. The smallest absolute Gasteiger partial charge is 0.0643 e. The van der Waals surface area contributed by atoms with Gasteiger partial charge in [-0.15, -0.1) is 0 Å². The second-order valence-electron chi connectivity index (χ2n) is 4.64. The fraction of sp³-hybridized carbons (Fsp3) is 0.727. The largest absolute Gasteiger partial charge is 0.383 e. The molecule has 0 aliphatic heterocycles. The molecule has 0 spiro atoms. The monoisotopic (exact) mass is 211 g/mol. The van der Waals surface area contributed by atoms with E-state index in [4.69, 9.17) is 10.5 Å². The third-order valence-electron chi connectivity index (χ3n) is 2.25. The Kier molecular flexibility index (Phi) is 3.88. The molecule has 0 bridgehead atoms. The summed E-state index contributed by atoms with van der Waals surface area (Å²) in [6, 6.07) is 2.41. The van der Waals surface area contributed by atoms with Crippen molar-refractivity contribution in [3.05, 3.63) is 18.0 Å². The van der Waals surface area contributed by atoms with E-state index in [1.165, 1.54) is 0 Å². The summed E-state index contributed by atoms with van der Waals surface area (Å²) < 4.78 is 7.02. The molecule has 1 unspecified atom stereocenters. The fourth-order valence-corrected chi connectivity index (χ4v) is 1.55. The first-order valence-corrected chi connectivity index (χ1v) is 5.26. The molecule has 0 saturated carbocycles. The second kappa shape index (κ2) is 4.77. The minimum absolute atomic E-state index is 0.342. The minimum Gasteiger partial charge on any atom is -0.383 e. The van der Waals surface area contributed by atoms with E-state index in [0.717, 1.165) is 12.1 Å². The Balaban J connectivity index is 2.64. The van der Waals surface area contributed by atoms with Gasteiger partial charge in [-0.3, -0.25) is 4.68 Å². The van der Waals surface area contributed by atoms with Crippen LogP contribution in [0.2, 0.25) is 0 Å². The summed E-state index contributed by atoms with van der Waals surface area (Å²) in [6.07, 6.45) is 2.73. The molecule has 0 amide bonds. The van der Waals surface area contributed by atoms with Crippen LogP contribution in [0, 0.1) is 0 Å². The fourth-order valence-electron chi connectivity index (χ4n) is 1.55. The van der Waals surface area contributed by atoms with Crippen LogP contribution in [-0.2, 0) is 11.2 Å². The zero-order valence-corrected chi connectivity index (χ0v) is 10.0. The maximum atomic E-state index is 6.07. The molecule has 0 aromatic carbocycles. The SMILES string of the molecule is COCC(C)(N)Cc1ccn(C(C)C)n1. The average molecular weight is 211 g/mol. The van der Waals surface area contributed by atoms with Crippen molar-refractivity contribution in [1.29, 1.82) is 0 Å². The van der Waals surface area contributed by atoms with Crippen molar-refractivity contribution < 1.29 is 4.74 Å². The molecule has 4 nitrogen and oxygen atoms in total. The molecule has 86 valence electrons. The van der Waals surface area contributed by atoms with E-state index in [1.54, 1.807) is 7.11 Å². The van der Waals surface area contributed by atoms with Crippen molar-refractivity contribution in [2.45, 2.75) is 38.8 Å². The topological polar surface area (TPSA) is 53.1 Å². The highest BCUT2D eigenvalue weighted by Gasteiger charge is 2.20. The number of nitrogens with zero attached hydrogens (tertiary/aromatic N) is 2. The molecule has 1 aromatic rings. The average Bonchev–Trinajstić information content (AvgIpc) is 2.51. The Bertz CT molecular complexity index is 305. The van der Waals surface area contributed by atoms with E-state index >= 15 is 0 Å². The number of hydrogen-bond donors (Lipinski definition) is 1. The van der Waals surface area contributed by atoms with Crippen molar-refractivity contribution in [2.24, 2.45) is 5.73 Å². The molecule has 2 N–H and O–H groups in total. The van der Waals surface area contributed by atoms with Gasteiger partial charge < -0.3 is 10.5 Å². The van der Waals surface area contributed by atoms with E-state index in [2.05, 4.69) is 18.9 Å². The molecule has 0 aliphatic rings. The summed E-state index contributed by atoms with van der Waals surface area (Å²) in [7, 11) is 1.66. The number of hydrogen-bond acceptors (Lipinski definition) is 3. The lowest BCUT2D eigenvalue weighted by atomic mass is 9.99. The van der Waals surface area contributed by atoms with Gasteiger partial charge in [-0.05, 0) is 26.8 Å². The number of methoxy groups -OCH3 is 1. The van der Waals surface area contributed by atoms with E-state index in [9.17, 15) is 0 Å². The number of rotatable bonds is 5. The molecule has 1 aromatic heterocycles. The molecular formula is C11H21N3O. The molecule has 15 heavy (non-hydrogen) atoms. The standard InChI is InChI=1S/C11H21N3O/c1-9(2)14-6-5-10(13-14)7-11(3,12)8-15-4/h5-6,9H,7-8,12H2,1-4H3. The Morgan fingerprint density at radius 1 is 1.60 bits per heavy atom. The van der Waals surface area contributed by atoms with Gasteiger partial charge in [0.1, 0.15) is 0 Å². The first kappa shape index (κ1) is 12.2. The summed E-state index contributed by atoms with van der Waals surface area (Å²) in [5.74, 6) is 0. The van der Waals surface area contributed by atoms with Crippen molar-refractivity contribution in [3.63, 3.8) is 0 Å². The molecule has 0 radical (unpaired) electrons. The van der Waals surface area contributed by atoms with Gasteiger partial charge in [0, 0.05) is 31.3 Å². The van der Waals surface area contributed by atoms with Gasteiger partial charge in [-0.2, -0.15) is 5.10 Å². The van der Waals surface area contributed by atoms with Crippen LogP contribution in [0.15, 0.2) is 12.3 Å². The van der Waals surface area contributed by atoms with Gasteiger partial charge in [-0.1, -0.05) is 0 Å². The lowest BCUT2D eigenvalue weighted by molar-refractivity contribution is 0.140. The van der Waals surface area contributed by atoms with Crippen LogP contribution < -0.4 is 5.73 Å². The van der Waals surface area contributed by atoms with Crippen LogP contribution in [0.5, 0.6) is 0 Å². The predicted molar refractivity (Wildman–Crippen MR) is 60.8 cm³/mol. The van der Waals surface area contributed by atoms with Crippen molar-refractivity contribution in [1.82, 2.24) is 9.78 Å². The minimum atomic E-state index is -0.342. The molecule has 1 rings (SSSR count). The van der Waals surface area contributed by atoms with Gasteiger partial charge in [0.25, 0.3) is 0 Å². The zero-order valence-electron chi connectivity index (χ0n) is 10.0. The highest BCUT2D eigenvalue weighted by Crippen LogP contribution is 2.11. The normalized spacial score (nSPS) is 15.6. The second-order valence-corrected chi connectivity index (χ2v) is 4.64. The van der Waals surface area contributed by atoms with Gasteiger partial charge in [0.2, 0.25) is 0 Å². The molecule has 0 saturated heterocycles. The lowest BCUT2D eigenvalue weighted by Gasteiger charge is -2.22. The highest BCUT2D eigenvalue weighted by atomic mass is 16.5. The molecule has 0 fully saturated rings. The summed E-state index contributed by atoms with van der Waals surface area (Å²) >= 11 is 0. The van der Waals surface area contributed by atoms with Crippen molar-refractivity contribution >= 4 is 0 Å². The Morgan fingerprint density at radius 3 is 2.73 bits per heavy atom. The maximum absolute atomic E-state index is 6.07. The van der Waals surface area contributed by atoms with Gasteiger partial charge in [-0.25, -0.2) is 0 Å². The quantitative estimate of drug-likeness (QED) is 0.800. The van der Waals surface area contributed by atoms with Crippen LogP contribution in [0.4, 0.5) is 0 Å². The Labute approximate surface area is 91.4 Å². The third kappa shape index (κ3) is 3.64. The van der Waals surface area contributed by atoms with Gasteiger partial charge in [0.15, 0.2) is 0 Å². The lowest BCUT2D eigenvalue weighted by Crippen LogP contribution is -2.43. The van der Waals surface area contributed by atoms with E-state index in [1.807, 2.05) is 23.9 Å².